The first-order valence-corrected chi connectivity index (χ1v) is 7.68. The van der Waals surface area contributed by atoms with Gasteiger partial charge in [-0.15, -0.1) is 0 Å². The number of hydrogen-bond donors (Lipinski definition) is 2. The summed E-state index contributed by atoms with van der Waals surface area (Å²) in [6.07, 6.45) is 2.65. The molecular formula is C13H20N2O2S. The number of benzene rings is 1. The molecule has 0 aromatic heterocycles. The molecule has 1 aromatic carbocycles. The first-order valence-electron chi connectivity index (χ1n) is 5.95. The highest BCUT2D eigenvalue weighted by molar-refractivity contribution is 7.84. The molecule has 2 N–H and O–H groups in total. The first kappa shape index (κ1) is 14.9. The van der Waals surface area contributed by atoms with Crippen LogP contribution >= 0.6 is 0 Å². The summed E-state index contributed by atoms with van der Waals surface area (Å²) in [5, 5.41) is 6.02. The van der Waals surface area contributed by atoms with Crippen molar-refractivity contribution in [3.63, 3.8) is 0 Å². The van der Waals surface area contributed by atoms with Crippen LogP contribution in [0.4, 0.5) is 5.69 Å². The monoisotopic (exact) mass is 268 g/mol. The first-order chi connectivity index (χ1) is 8.58. The molecule has 0 bridgehead atoms. The van der Waals surface area contributed by atoms with Gasteiger partial charge in [-0.05, 0) is 30.7 Å². The van der Waals surface area contributed by atoms with Gasteiger partial charge in [0.15, 0.2) is 0 Å². The quantitative estimate of drug-likeness (QED) is 0.737. The second-order valence-corrected chi connectivity index (χ2v) is 5.74. The van der Waals surface area contributed by atoms with Crippen LogP contribution in [-0.4, -0.2) is 28.7 Å². The van der Waals surface area contributed by atoms with E-state index in [0.29, 0.717) is 0 Å². The van der Waals surface area contributed by atoms with Gasteiger partial charge in [0.2, 0.25) is 5.91 Å². The summed E-state index contributed by atoms with van der Waals surface area (Å²) < 4.78 is 10.9. The number of carbonyl (C=O) groups is 1. The third-order valence-corrected chi connectivity index (χ3v) is 3.25. The Morgan fingerprint density at radius 2 is 1.94 bits per heavy atom. The van der Waals surface area contributed by atoms with E-state index in [-0.39, 0.29) is 5.91 Å². The fourth-order valence-electron chi connectivity index (χ4n) is 1.54. The summed E-state index contributed by atoms with van der Waals surface area (Å²) >= 11 is 0. The van der Waals surface area contributed by atoms with Crippen LogP contribution in [0.2, 0.25) is 0 Å². The van der Waals surface area contributed by atoms with Gasteiger partial charge in [-0.2, -0.15) is 0 Å². The summed E-state index contributed by atoms with van der Waals surface area (Å²) in [4.78, 5) is 10.8. The molecule has 0 spiro atoms. The van der Waals surface area contributed by atoms with E-state index in [1.807, 2.05) is 24.3 Å². The summed E-state index contributed by atoms with van der Waals surface area (Å²) in [5.41, 5.74) is 1.98. The van der Waals surface area contributed by atoms with Gasteiger partial charge in [0.25, 0.3) is 0 Å². The molecule has 0 aliphatic carbocycles. The molecule has 1 aromatic rings. The highest BCUT2D eigenvalue weighted by atomic mass is 32.2. The molecular weight excluding hydrogens is 248 g/mol. The SMILES string of the molecule is CC(=O)Nc1ccc(CNCCCS(C)=O)cc1. The Hall–Kier alpha value is -1.20. The molecule has 1 amide bonds. The van der Waals surface area contributed by atoms with Gasteiger partial charge in [-0.1, -0.05) is 12.1 Å². The van der Waals surface area contributed by atoms with Crippen LogP contribution in [0.1, 0.15) is 18.9 Å². The van der Waals surface area contributed by atoms with Crippen LogP contribution in [0.15, 0.2) is 24.3 Å². The van der Waals surface area contributed by atoms with Crippen molar-refractivity contribution in [3.05, 3.63) is 29.8 Å². The van der Waals surface area contributed by atoms with E-state index in [1.54, 1.807) is 6.26 Å². The summed E-state index contributed by atoms with van der Waals surface area (Å²) in [5.74, 6) is 0.683. The van der Waals surface area contributed by atoms with Crippen molar-refractivity contribution >= 4 is 22.4 Å². The van der Waals surface area contributed by atoms with Crippen LogP contribution in [-0.2, 0) is 22.1 Å². The highest BCUT2D eigenvalue weighted by Crippen LogP contribution is 2.09. The van der Waals surface area contributed by atoms with Gasteiger partial charge in [0.1, 0.15) is 0 Å². The normalized spacial score (nSPS) is 12.1. The van der Waals surface area contributed by atoms with Gasteiger partial charge in [0, 0.05) is 42.0 Å². The Morgan fingerprint density at radius 1 is 1.28 bits per heavy atom. The number of anilines is 1. The molecule has 100 valence electrons. The summed E-state index contributed by atoms with van der Waals surface area (Å²) in [6, 6.07) is 7.74. The molecule has 1 atom stereocenters. The van der Waals surface area contributed by atoms with E-state index in [1.165, 1.54) is 12.5 Å². The molecule has 5 heteroatoms. The Kier molecular flexibility index (Phi) is 6.60. The summed E-state index contributed by atoms with van der Waals surface area (Å²) in [6.45, 7) is 3.15. The molecule has 0 saturated heterocycles. The third-order valence-electron chi connectivity index (χ3n) is 2.39. The minimum Gasteiger partial charge on any atom is -0.326 e. The maximum Gasteiger partial charge on any atom is 0.221 e. The number of nitrogens with one attached hydrogen (secondary N) is 2. The van der Waals surface area contributed by atoms with E-state index >= 15 is 0 Å². The minimum atomic E-state index is -0.703. The number of amides is 1. The van der Waals surface area contributed by atoms with Crippen molar-refractivity contribution in [2.45, 2.75) is 19.9 Å². The van der Waals surface area contributed by atoms with Crippen molar-refractivity contribution in [1.29, 1.82) is 0 Å². The molecule has 4 nitrogen and oxygen atoms in total. The van der Waals surface area contributed by atoms with Crippen molar-refractivity contribution in [2.75, 3.05) is 23.9 Å². The lowest BCUT2D eigenvalue weighted by Gasteiger charge is -2.06. The van der Waals surface area contributed by atoms with E-state index in [0.717, 1.165) is 31.0 Å². The zero-order valence-corrected chi connectivity index (χ0v) is 11.7. The molecule has 1 rings (SSSR count). The van der Waals surface area contributed by atoms with Crippen LogP contribution < -0.4 is 10.6 Å². The number of hydrogen-bond acceptors (Lipinski definition) is 3. The summed E-state index contributed by atoms with van der Waals surface area (Å²) in [7, 11) is -0.703. The van der Waals surface area contributed by atoms with Crippen molar-refractivity contribution in [1.82, 2.24) is 5.32 Å². The topological polar surface area (TPSA) is 58.2 Å². The van der Waals surface area contributed by atoms with E-state index in [4.69, 9.17) is 0 Å². The van der Waals surface area contributed by atoms with Crippen LogP contribution in [0.5, 0.6) is 0 Å². The Bertz CT molecular complexity index is 404. The number of rotatable bonds is 7. The van der Waals surface area contributed by atoms with Gasteiger partial charge in [0.05, 0.1) is 0 Å². The second-order valence-electron chi connectivity index (χ2n) is 4.19. The van der Waals surface area contributed by atoms with E-state index in [9.17, 15) is 9.00 Å². The largest absolute Gasteiger partial charge is 0.326 e. The van der Waals surface area contributed by atoms with Crippen molar-refractivity contribution in [3.8, 4) is 0 Å². The van der Waals surface area contributed by atoms with Gasteiger partial charge >= 0.3 is 0 Å². The minimum absolute atomic E-state index is 0.0616. The third kappa shape index (κ3) is 6.51. The molecule has 0 saturated carbocycles. The van der Waals surface area contributed by atoms with Gasteiger partial charge in [-0.3, -0.25) is 9.00 Å². The maximum atomic E-state index is 10.9. The van der Waals surface area contributed by atoms with Crippen molar-refractivity contribution < 1.29 is 9.00 Å². The molecule has 0 radical (unpaired) electrons. The second kappa shape index (κ2) is 8.00. The Labute approximate surface area is 111 Å². The molecule has 1 unspecified atom stereocenters. The number of carbonyl (C=O) groups excluding carboxylic acids is 1. The standard InChI is InChI=1S/C13H20N2O2S/c1-11(16)15-13-6-4-12(5-7-13)10-14-8-3-9-18(2)17/h4-7,14H,3,8-10H2,1-2H3,(H,15,16). The van der Waals surface area contributed by atoms with Gasteiger partial charge < -0.3 is 10.6 Å². The fourth-order valence-corrected chi connectivity index (χ4v) is 2.09. The molecule has 0 aliphatic heterocycles. The van der Waals surface area contributed by atoms with Gasteiger partial charge in [-0.25, -0.2) is 0 Å². The molecule has 0 aliphatic rings. The van der Waals surface area contributed by atoms with Crippen LogP contribution in [0, 0.1) is 0 Å². The molecule has 18 heavy (non-hydrogen) atoms. The predicted octanol–water partition coefficient (Wildman–Crippen LogP) is 1.50. The lowest BCUT2D eigenvalue weighted by atomic mass is 10.2. The molecule has 0 fully saturated rings. The smallest absolute Gasteiger partial charge is 0.221 e. The predicted molar refractivity (Wildman–Crippen MR) is 76.0 cm³/mol. The van der Waals surface area contributed by atoms with Crippen LogP contribution in [0.3, 0.4) is 0 Å². The fraction of sp³-hybridized carbons (Fsp3) is 0.462. The lowest BCUT2D eigenvalue weighted by Crippen LogP contribution is -2.16. The zero-order chi connectivity index (χ0) is 13.4. The van der Waals surface area contributed by atoms with E-state index < -0.39 is 10.8 Å². The van der Waals surface area contributed by atoms with E-state index in [2.05, 4.69) is 10.6 Å². The average Bonchev–Trinajstić information content (AvgIpc) is 2.30. The zero-order valence-electron chi connectivity index (χ0n) is 10.9. The maximum absolute atomic E-state index is 10.9. The van der Waals surface area contributed by atoms with Crippen LogP contribution in [0.25, 0.3) is 0 Å². The molecule has 0 heterocycles. The van der Waals surface area contributed by atoms with Crippen molar-refractivity contribution in [2.24, 2.45) is 0 Å². The average molecular weight is 268 g/mol. The Balaban J connectivity index is 2.26. The Morgan fingerprint density at radius 3 is 2.50 bits per heavy atom. The lowest BCUT2D eigenvalue weighted by molar-refractivity contribution is -0.114. The highest BCUT2D eigenvalue weighted by Gasteiger charge is 1.97.